The van der Waals surface area contributed by atoms with Gasteiger partial charge in [0, 0.05) is 18.7 Å². The van der Waals surface area contributed by atoms with E-state index in [-0.39, 0.29) is 18.3 Å². The maximum Gasteiger partial charge on any atom is 0.260 e. The van der Waals surface area contributed by atoms with E-state index < -0.39 is 0 Å². The lowest BCUT2D eigenvalue weighted by molar-refractivity contribution is -0.118. The first-order valence-electron chi connectivity index (χ1n) is 3.07. The van der Waals surface area contributed by atoms with Crippen LogP contribution in [0.3, 0.4) is 0 Å². The minimum atomic E-state index is -0.201. The standard InChI is InChI=1S/C6H13N3O.ClH/c1-5(2)6(10)9-8-4-3-7;/h8H,1,3-4,7H2,2H3,(H,9,10);1H. The number of amides is 1. The van der Waals surface area contributed by atoms with Crippen LogP contribution in [0.1, 0.15) is 6.92 Å². The lowest BCUT2D eigenvalue weighted by Crippen LogP contribution is -2.40. The molecule has 0 aliphatic carbocycles. The first-order valence-corrected chi connectivity index (χ1v) is 3.07. The zero-order valence-corrected chi connectivity index (χ0v) is 7.33. The van der Waals surface area contributed by atoms with E-state index in [1.54, 1.807) is 6.92 Å². The Morgan fingerprint density at radius 2 is 2.18 bits per heavy atom. The number of halogens is 1. The smallest absolute Gasteiger partial charge is 0.260 e. The lowest BCUT2D eigenvalue weighted by atomic mass is 10.3. The molecule has 4 nitrogen and oxygen atoms in total. The number of nitrogens with two attached hydrogens (primary N) is 1. The predicted octanol–water partition coefficient (Wildman–Crippen LogP) is -0.436. The Kier molecular flexibility index (Phi) is 8.92. The molecule has 0 aromatic heterocycles. The van der Waals surface area contributed by atoms with Crippen molar-refractivity contribution < 1.29 is 4.79 Å². The molecule has 5 heteroatoms. The molecule has 0 aromatic carbocycles. The van der Waals surface area contributed by atoms with Crippen molar-refractivity contribution in [2.45, 2.75) is 6.92 Å². The van der Waals surface area contributed by atoms with Gasteiger partial charge in [-0.3, -0.25) is 10.2 Å². The van der Waals surface area contributed by atoms with E-state index in [9.17, 15) is 4.79 Å². The summed E-state index contributed by atoms with van der Waals surface area (Å²) < 4.78 is 0. The second-order valence-corrected chi connectivity index (χ2v) is 1.95. The normalized spacial score (nSPS) is 8.18. The fraction of sp³-hybridized carbons (Fsp3) is 0.500. The summed E-state index contributed by atoms with van der Waals surface area (Å²) in [5.74, 6) is -0.201. The number of hydrogen-bond donors (Lipinski definition) is 3. The van der Waals surface area contributed by atoms with Gasteiger partial charge in [-0.05, 0) is 6.92 Å². The van der Waals surface area contributed by atoms with Crippen molar-refractivity contribution >= 4 is 18.3 Å². The quantitative estimate of drug-likeness (QED) is 0.312. The number of hydrogen-bond acceptors (Lipinski definition) is 3. The summed E-state index contributed by atoms with van der Waals surface area (Å²) in [6.07, 6.45) is 0. The van der Waals surface area contributed by atoms with Gasteiger partial charge in [-0.2, -0.15) is 0 Å². The van der Waals surface area contributed by atoms with Gasteiger partial charge in [0.1, 0.15) is 0 Å². The van der Waals surface area contributed by atoms with Crippen molar-refractivity contribution in [3.8, 4) is 0 Å². The summed E-state index contributed by atoms with van der Waals surface area (Å²) in [6.45, 7) is 6.15. The molecule has 0 saturated carbocycles. The highest BCUT2D eigenvalue weighted by atomic mass is 35.5. The third kappa shape index (κ3) is 7.32. The van der Waals surface area contributed by atoms with Crippen LogP contribution in [0.15, 0.2) is 12.2 Å². The second-order valence-electron chi connectivity index (χ2n) is 1.95. The summed E-state index contributed by atoms with van der Waals surface area (Å²) in [5.41, 5.74) is 10.7. The van der Waals surface area contributed by atoms with Crippen molar-refractivity contribution in [3.05, 3.63) is 12.2 Å². The molecule has 0 aromatic rings. The van der Waals surface area contributed by atoms with Crippen molar-refractivity contribution in [1.29, 1.82) is 0 Å². The van der Waals surface area contributed by atoms with Crippen molar-refractivity contribution in [1.82, 2.24) is 10.9 Å². The van der Waals surface area contributed by atoms with E-state index in [1.165, 1.54) is 0 Å². The van der Waals surface area contributed by atoms with Crippen LogP contribution in [-0.2, 0) is 4.79 Å². The first kappa shape index (κ1) is 13.0. The Morgan fingerprint density at radius 1 is 1.64 bits per heavy atom. The van der Waals surface area contributed by atoms with Gasteiger partial charge in [0.05, 0.1) is 0 Å². The Hall–Kier alpha value is -0.580. The van der Waals surface area contributed by atoms with Gasteiger partial charge in [0.2, 0.25) is 0 Å². The molecule has 0 atom stereocenters. The lowest BCUT2D eigenvalue weighted by Gasteiger charge is -2.03. The maximum atomic E-state index is 10.7. The zero-order chi connectivity index (χ0) is 7.98. The minimum Gasteiger partial charge on any atom is -0.329 e. The van der Waals surface area contributed by atoms with E-state index in [2.05, 4.69) is 17.4 Å². The second kappa shape index (κ2) is 7.53. The van der Waals surface area contributed by atoms with Crippen LogP contribution < -0.4 is 16.6 Å². The van der Waals surface area contributed by atoms with Gasteiger partial charge in [0.25, 0.3) is 5.91 Å². The average molecular weight is 180 g/mol. The highest BCUT2D eigenvalue weighted by Gasteiger charge is 1.97. The number of rotatable bonds is 4. The minimum absolute atomic E-state index is 0. The average Bonchev–Trinajstić information content (AvgIpc) is 1.88. The largest absolute Gasteiger partial charge is 0.329 e. The molecule has 1 amide bonds. The molecule has 0 fully saturated rings. The van der Waals surface area contributed by atoms with Crippen LogP contribution in [0.4, 0.5) is 0 Å². The van der Waals surface area contributed by atoms with E-state index in [0.717, 1.165) is 0 Å². The topological polar surface area (TPSA) is 67.2 Å². The van der Waals surface area contributed by atoms with E-state index >= 15 is 0 Å². The Morgan fingerprint density at radius 3 is 2.55 bits per heavy atom. The van der Waals surface area contributed by atoms with Crippen molar-refractivity contribution in [2.24, 2.45) is 5.73 Å². The molecule has 4 N–H and O–H groups in total. The molecule has 0 unspecified atom stereocenters. The molecule has 0 radical (unpaired) electrons. The Balaban J connectivity index is 0. The highest BCUT2D eigenvalue weighted by Crippen LogP contribution is 1.81. The SMILES string of the molecule is C=C(C)C(=O)NNCCN.Cl. The maximum absolute atomic E-state index is 10.7. The van der Waals surface area contributed by atoms with Crippen LogP contribution in [0, 0.1) is 0 Å². The highest BCUT2D eigenvalue weighted by molar-refractivity contribution is 5.91. The molecule has 0 rings (SSSR count). The first-order chi connectivity index (χ1) is 4.68. The third-order valence-electron chi connectivity index (χ3n) is 0.859. The molecule has 0 aliphatic heterocycles. The van der Waals surface area contributed by atoms with Gasteiger partial charge in [-0.15, -0.1) is 12.4 Å². The molecule has 0 heterocycles. The number of carbonyl (C=O) groups is 1. The fourth-order valence-corrected chi connectivity index (χ4v) is 0.322. The zero-order valence-electron chi connectivity index (χ0n) is 6.52. The molecule has 11 heavy (non-hydrogen) atoms. The van der Waals surface area contributed by atoms with Crippen molar-refractivity contribution in [3.63, 3.8) is 0 Å². The molecule has 0 spiro atoms. The van der Waals surface area contributed by atoms with Gasteiger partial charge in [-0.1, -0.05) is 6.58 Å². The molecular formula is C6H14ClN3O. The van der Waals surface area contributed by atoms with Crippen molar-refractivity contribution in [2.75, 3.05) is 13.1 Å². The monoisotopic (exact) mass is 179 g/mol. The molecule has 0 aliphatic rings. The van der Waals surface area contributed by atoms with Gasteiger partial charge in [-0.25, -0.2) is 5.43 Å². The summed E-state index contributed by atoms with van der Waals surface area (Å²) in [6, 6.07) is 0. The Labute approximate surface area is 72.6 Å². The van der Waals surface area contributed by atoms with Gasteiger partial charge in [0.15, 0.2) is 0 Å². The number of nitrogens with one attached hydrogen (secondary N) is 2. The summed E-state index contributed by atoms with van der Waals surface area (Å²) in [7, 11) is 0. The summed E-state index contributed by atoms with van der Waals surface area (Å²) in [5, 5.41) is 0. The molecule has 0 bridgehead atoms. The molecular weight excluding hydrogens is 166 g/mol. The van der Waals surface area contributed by atoms with E-state index in [1.807, 2.05) is 0 Å². The summed E-state index contributed by atoms with van der Waals surface area (Å²) >= 11 is 0. The number of hydrazine groups is 1. The van der Waals surface area contributed by atoms with Crippen LogP contribution in [-0.4, -0.2) is 19.0 Å². The predicted molar refractivity (Wildman–Crippen MR) is 47.3 cm³/mol. The van der Waals surface area contributed by atoms with Crippen LogP contribution >= 0.6 is 12.4 Å². The van der Waals surface area contributed by atoms with Crippen LogP contribution in [0.25, 0.3) is 0 Å². The summed E-state index contributed by atoms with van der Waals surface area (Å²) in [4.78, 5) is 10.7. The number of carbonyl (C=O) groups excluding carboxylic acids is 1. The van der Waals surface area contributed by atoms with Crippen LogP contribution in [0.5, 0.6) is 0 Å². The van der Waals surface area contributed by atoms with E-state index in [4.69, 9.17) is 5.73 Å². The van der Waals surface area contributed by atoms with Crippen LogP contribution in [0.2, 0.25) is 0 Å². The fourth-order valence-electron chi connectivity index (χ4n) is 0.322. The Bertz CT molecular complexity index is 138. The van der Waals surface area contributed by atoms with Gasteiger partial charge >= 0.3 is 0 Å². The molecule has 0 saturated heterocycles. The van der Waals surface area contributed by atoms with Gasteiger partial charge < -0.3 is 5.73 Å². The van der Waals surface area contributed by atoms with E-state index in [0.29, 0.717) is 18.7 Å². The molecule has 66 valence electrons. The third-order valence-corrected chi connectivity index (χ3v) is 0.859.